The largest absolute Gasteiger partial charge is 0.359 e. The second kappa shape index (κ2) is 3.66. The van der Waals surface area contributed by atoms with Crippen molar-refractivity contribution < 1.29 is 5.11 Å². The third kappa shape index (κ3) is 2.02. The first-order chi connectivity index (χ1) is 7.09. The van der Waals surface area contributed by atoms with Crippen LogP contribution in [0.2, 0.25) is 0 Å². The zero-order valence-electron chi connectivity index (χ0n) is 7.81. The van der Waals surface area contributed by atoms with Crippen molar-refractivity contribution in [3.05, 3.63) is 42.1 Å². The van der Waals surface area contributed by atoms with E-state index in [1.165, 1.54) is 6.20 Å². The number of H-pyrrole nitrogens is 1. The number of aromatic amines is 1. The monoisotopic (exact) mass is 223 g/mol. The molecule has 1 atom stereocenters. The van der Waals surface area contributed by atoms with Crippen molar-refractivity contribution in [3.8, 4) is 11.3 Å². The first-order valence-electron chi connectivity index (χ1n) is 4.39. The lowest BCUT2D eigenvalue weighted by molar-refractivity contribution is 0.137. The van der Waals surface area contributed by atoms with Crippen molar-refractivity contribution in [1.29, 1.82) is 0 Å². The smallest absolute Gasteiger partial charge is 0.222 e. The number of halogens is 1. The Kier molecular flexibility index (Phi) is 2.48. The Bertz CT molecular complexity index is 447. The molecule has 1 heterocycles. The highest BCUT2D eigenvalue weighted by Crippen LogP contribution is 2.28. The van der Waals surface area contributed by atoms with Crippen molar-refractivity contribution in [3.63, 3.8) is 0 Å². The summed E-state index contributed by atoms with van der Waals surface area (Å²) in [4.78, 5) is 0. The Morgan fingerprint density at radius 2 is 2.00 bits per heavy atom. The lowest BCUT2D eigenvalue weighted by atomic mass is 10.1. The molecule has 0 radical (unpaired) electrons. The number of hydrogen-bond donors (Lipinski definition) is 3. The van der Waals surface area contributed by atoms with Gasteiger partial charge in [-0.25, -0.2) is 0 Å². The van der Waals surface area contributed by atoms with Gasteiger partial charge in [-0.15, -0.1) is 0 Å². The molecule has 4 N–H and O–H groups in total. The van der Waals surface area contributed by atoms with E-state index in [-0.39, 0.29) is 0 Å². The van der Waals surface area contributed by atoms with E-state index in [1.807, 2.05) is 30.3 Å². The molecule has 0 bridgehead atoms. The van der Waals surface area contributed by atoms with E-state index >= 15 is 0 Å². The topological polar surface area (TPSA) is 74.9 Å². The van der Waals surface area contributed by atoms with Crippen LogP contribution in [0.15, 0.2) is 36.5 Å². The number of nitrogens with one attached hydrogen (secondary N) is 1. The van der Waals surface area contributed by atoms with E-state index < -0.39 is 5.18 Å². The van der Waals surface area contributed by atoms with E-state index in [4.69, 9.17) is 17.3 Å². The molecule has 2 aromatic rings. The molecule has 1 aromatic heterocycles. The normalized spacial score (nSPS) is 14.9. The highest BCUT2D eigenvalue weighted by molar-refractivity contribution is 6.22. The Morgan fingerprint density at radius 3 is 2.60 bits per heavy atom. The van der Waals surface area contributed by atoms with Gasteiger partial charge in [0.25, 0.3) is 0 Å². The van der Waals surface area contributed by atoms with Crippen molar-refractivity contribution in [2.45, 2.75) is 5.18 Å². The summed E-state index contributed by atoms with van der Waals surface area (Å²) in [6.45, 7) is 0. The fourth-order valence-corrected chi connectivity index (χ4v) is 1.52. The van der Waals surface area contributed by atoms with Crippen molar-refractivity contribution in [2.24, 2.45) is 5.73 Å². The summed E-state index contributed by atoms with van der Waals surface area (Å²) in [6, 6.07) is 9.37. The molecule has 4 nitrogen and oxygen atoms in total. The van der Waals surface area contributed by atoms with Crippen LogP contribution >= 0.6 is 11.6 Å². The zero-order valence-corrected chi connectivity index (χ0v) is 8.57. The first kappa shape index (κ1) is 10.2. The molecule has 78 valence electrons. The summed E-state index contributed by atoms with van der Waals surface area (Å²) in [6.07, 6.45) is 1.48. The van der Waals surface area contributed by atoms with Gasteiger partial charge in [0, 0.05) is 11.8 Å². The molecule has 1 unspecified atom stereocenters. The van der Waals surface area contributed by atoms with E-state index in [9.17, 15) is 5.11 Å². The average Bonchev–Trinajstić information content (AvgIpc) is 2.67. The van der Waals surface area contributed by atoms with Crippen LogP contribution in [-0.4, -0.2) is 15.3 Å². The second-order valence-electron chi connectivity index (χ2n) is 3.19. The number of nitrogens with two attached hydrogens (primary N) is 1. The molecule has 0 aliphatic carbocycles. The van der Waals surface area contributed by atoms with E-state index in [2.05, 4.69) is 10.2 Å². The number of aliphatic hydroxyl groups is 1. The molecule has 5 heteroatoms. The van der Waals surface area contributed by atoms with Gasteiger partial charge in [-0.05, 0) is 0 Å². The lowest BCUT2D eigenvalue weighted by Crippen LogP contribution is -2.29. The zero-order chi connectivity index (χ0) is 10.9. The molecule has 0 saturated heterocycles. The van der Waals surface area contributed by atoms with Crippen LogP contribution in [0.4, 0.5) is 0 Å². The number of alkyl halides is 1. The molecular weight excluding hydrogens is 214 g/mol. The van der Waals surface area contributed by atoms with Crippen LogP contribution in [0.3, 0.4) is 0 Å². The molecular formula is C10H10ClN3O. The number of benzene rings is 1. The van der Waals surface area contributed by atoms with Gasteiger partial charge < -0.3 is 5.11 Å². The number of hydrogen-bond acceptors (Lipinski definition) is 3. The van der Waals surface area contributed by atoms with Crippen LogP contribution in [0.5, 0.6) is 0 Å². The van der Waals surface area contributed by atoms with Gasteiger partial charge in [-0.1, -0.05) is 41.9 Å². The SMILES string of the molecule is NC(O)(Cl)c1c[nH]nc1-c1ccccc1. The molecule has 15 heavy (non-hydrogen) atoms. The van der Waals surface area contributed by atoms with Gasteiger partial charge in [0.1, 0.15) is 5.69 Å². The van der Waals surface area contributed by atoms with Crippen LogP contribution in [0, 0.1) is 0 Å². The third-order valence-corrected chi connectivity index (χ3v) is 2.27. The highest BCUT2D eigenvalue weighted by atomic mass is 35.5. The molecule has 0 saturated carbocycles. The van der Waals surface area contributed by atoms with Crippen molar-refractivity contribution in [2.75, 3.05) is 0 Å². The minimum atomic E-state index is -1.90. The average molecular weight is 224 g/mol. The van der Waals surface area contributed by atoms with Crippen LogP contribution in [-0.2, 0) is 5.18 Å². The first-order valence-corrected chi connectivity index (χ1v) is 4.76. The molecule has 2 rings (SSSR count). The van der Waals surface area contributed by atoms with Crippen LogP contribution in [0.25, 0.3) is 11.3 Å². The fraction of sp³-hybridized carbons (Fsp3) is 0.100. The number of rotatable bonds is 2. The Labute approximate surface area is 91.7 Å². The van der Waals surface area contributed by atoms with Gasteiger partial charge in [-0.3, -0.25) is 10.8 Å². The maximum Gasteiger partial charge on any atom is 0.222 e. The quantitative estimate of drug-likeness (QED) is 0.409. The second-order valence-corrected chi connectivity index (χ2v) is 3.76. The minimum absolute atomic E-state index is 0.357. The van der Waals surface area contributed by atoms with E-state index in [1.54, 1.807) is 0 Å². The fourth-order valence-electron chi connectivity index (χ4n) is 1.37. The minimum Gasteiger partial charge on any atom is -0.359 e. The Morgan fingerprint density at radius 1 is 1.33 bits per heavy atom. The predicted octanol–water partition coefficient (Wildman–Crippen LogP) is 1.38. The Hall–Kier alpha value is -1.36. The third-order valence-electron chi connectivity index (χ3n) is 2.07. The molecule has 1 aromatic carbocycles. The van der Waals surface area contributed by atoms with Gasteiger partial charge in [0.15, 0.2) is 0 Å². The van der Waals surface area contributed by atoms with Crippen molar-refractivity contribution in [1.82, 2.24) is 10.2 Å². The standard InChI is InChI=1S/C10H10ClN3O/c11-10(12,15)8-6-13-14-9(8)7-4-2-1-3-5-7/h1-6,15H,12H2,(H,13,14). The maximum atomic E-state index is 9.50. The molecule has 0 aliphatic heterocycles. The Balaban J connectivity index is 2.51. The van der Waals surface area contributed by atoms with Gasteiger partial charge in [0.05, 0.1) is 5.56 Å². The number of nitrogens with zero attached hydrogens (tertiary/aromatic N) is 1. The summed E-state index contributed by atoms with van der Waals surface area (Å²) in [7, 11) is 0. The lowest BCUT2D eigenvalue weighted by Gasteiger charge is -2.13. The summed E-state index contributed by atoms with van der Waals surface area (Å²) in [5.74, 6) is 0. The molecule has 0 amide bonds. The summed E-state index contributed by atoms with van der Waals surface area (Å²) in [5, 5.41) is 14.2. The van der Waals surface area contributed by atoms with Gasteiger partial charge >= 0.3 is 0 Å². The molecule has 0 spiro atoms. The maximum absolute atomic E-state index is 9.50. The van der Waals surface area contributed by atoms with Gasteiger partial charge in [-0.2, -0.15) is 5.10 Å². The van der Waals surface area contributed by atoms with E-state index in [0.29, 0.717) is 11.3 Å². The van der Waals surface area contributed by atoms with Crippen molar-refractivity contribution >= 4 is 11.6 Å². The predicted molar refractivity (Wildman–Crippen MR) is 58.0 cm³/mol. The number of aromatic nitrogens is 2. The van der Waals surface area contributed by atoms with E-state index in [0.717, 1.165) is 5.56 Å². The molecule has 0 fully saturated rings. The van der Waals surface area contributed by atoms with Crippen LogP contribution < -0.4 is 5.73 Å². The summed E-state index contributed by atoms with van der Waals surface area (Å²) < 4.78 is 0. The van der Waals surface area contributed by atoms with Gasteiger partial charge in [0.2, 0.25) is 5.18 Å². The molecule has 0 aliphatic rings. The summed E-state index contributed by atoms with van der Waals surface area (Å²) in [5.41, 5.74) is 7.15. The van der Waals surface area contributed by atoms with Crippen LogP contribution in [0.1, 0.15) is 5.56 Å². The summed E-state index contributed by atoms with van der Waals surface area (Å²) >= 11 is 5.63. The highest BCUT2D eigenvalue weighted by Gasteiger charge is 2.26.